The molecule has 3 heteroatoms. The maximum Gasteiger partial charge on any atom is 0.198 e. The number of likely N-dealkylation sites (N-methyl/N-ethyl adjacent to an activating group) is 1. The Morgan fingerprint density at radius 3 is 2.04 bits per heavy atom. The monoisotopic (exact) mass is 379 g/mol. The van der Waals surface area contributed by atoms with Gasteiger partial charge in [-0.3, -0.25) is 4.48 Å². The molecular formula is C24H47N2O+. The highest BCUT2D eigenvalue weighted by atomic mass is 16.3. The molecule has 1 N–H and O–H groups in total. The molecule has 0 bridgehead atoms. The van der Waals surface area contributed by atoms with Gasteiger partial charge in [0, 0.05) is 6.42 Å². The Bertz CT molecular complexity index is 405. The maximum absolute atomic E-state index is 9.37. The van der Waals surface area contributed by atoms with E-state index in [9.17, 15) is 5.11 Å². The largest absolute Gasteiger partial charge is 0.390 e. The Morgan fingerprint density at radius 2 is 1.44 bits per heavy atom. The summed E-state index contributed by atoms with van der Waals surface area (Å²) in [6.07, 6.45) is 23.5. The van der Waals surface area contributed by atoms with Crippen LogP contribution in [0.2, 0.25) is 0 Å². The van der Waals surface area contributed by atoms with E-state index in [-0.39, 0.29) is 6.61 Å². The number of unbranched alkanes of at least 4 members (excludes halogenated alkanes) is 11. The highest BCUT2D eigenvalue weighted by Crippen LogP contribution is 2.19. The third-order valence-corrected chi connectivity index (χ3v) is 6.17. The van der Waals surface area contributed by atoms with Gasteiger partial charge in [-0.25, -0.2) is 4.99 Å². The van der Waals surface area contributed by atoms with E-state index in [1.54, 1.807) is 0 Å². The zero-order valence-electron chi connectivity index (χ0n) is 18.4. The van der Waals surface area contributed by atoms with Gasteiger partial charge in [0.25, 0.3) is 0 Å². The van der Waals surface area contributed by atoms with Gasteiger partial charge in [-0.1, -0.05) is 70.4 Å². The smallest absolute Gasteiger partial charge is 0.198 e. The zero-order valence-corrected chi connectivity index (χ0v) is 18.4. The lowest BCUT2D eigenvalue weighted by Crippen LogP contribution is -2.52. The summed E-state index contributed by atoms with van der Waals surface area (Å²) in [4.78, 5) is 4.75. The summed E-state index contributed by atoms with van der Waals surface area (Å²) < 4.78 is 0.942. The molecule has 158 valence electrons. The van der Waals surface area contributed by atoms with E-state index >= 15 is 0 Å². The van der Waals surface area contributed by atoms with Crippen LogP contribution in [0, 0.1) is 0 Å². The van der Waals surface area contributed by atoms with Crippen molar-refractivity contribution in [3.05, 3.63) is 12.2 Å². The van der Waals surface area contributed by atoms with Crippen molar-refractivity contribution in [1.82, 2.24) is 0 Å². The van der Waals surface area contributed by atoms with Crippen molar-refractivity contribution in [3.8, 4) is 0 Å². The van der Waals surface area contributed by atoms with Crippen molar-refractivity contribution >= 4 is 5.84 Å². The van der Waals surface area contributed by atoms with Crippen LogP contribution < -0.4 is 0 Å². The number of nitrogens with zero attached hydrogens (tertiary/aromatic N) is 2. The molecule has 3 nitrogen and oxygen atoms in total. The molecule has 1 aliphatic rings. The molecule has 1 atom stereocenters. The first kappa shape index (κ1) is 24.4. The van der Waals surface area contributed by atoms with Gasteiger partial charge in [0.05, 0.1) is 19.7 Å². The molecule has 0 aromatic heterocycles. The second-order valence-corrected chi connectivity index (χ2v) is 8.26. The van der Waals surface area contributed by atoms with Crippen LogP contribution in [0.1, 0.15) is 104 Å². The molecule has 0 aromatic rings. The van der Waals surface area contributed by atoms with E-state index < -0.39 is 0 Å². The molecule has 1 unspecified atom stereocenters. The third-order valence-electron chi connectivity index (χ3n) is 6.17. The molecular weight excluding hydrogens is 332 g/mol. The predicted molar refractivity (Wildman–Crippen MR) is 119 cm³/mol. The Morgan fingerprint density at radius 1 is 0.852 bits per heavy atom. The lowest BCUT2D eigenvalue weighted by molar-refractivity contribution is -0.835. The van der Waals surface area contributed by atoms with Crippen molar-refractivity contribution in [1.29, 1.82) is 0 Å². The van der Waals surface area contributed by atoms with Crippen LogP contribution >= 0.6 is 0 Å². The van der Waals surface area contributed by atoms with Gasteiger partial charge in [-0.15, -0.1) is 0 Å². The van der Waals surface area contributed by atoms with Crippen molar-refractivity contribution < 1.29 is 9.59 Å². The SMILES string of the molecule is CCCCCCCCC/C=C/CCCCCCC1=NCC[N+]1(CC)CCO. The van der Waals surface area contributed by atoms with E-state index in [0.29, 0.717) is 0 Å². The molecule has 0 aliphatic carbocycles. The molecule has 1 heterocycles. The second kappa shape index (κ2) is 16.3. The number of allylic oxidation sites excluding steroid dienone is 2. The fraction of sp³-hybridized carbons (Fsp3) is 0.875. The van der Waals surface area contributed by atoms with Crippen LogP contribution in [0.4, 0.5) is 0 Å². The normalized spacial score (nSPS) is 19.9. The summed E-state index contributed by atoms with van der Waals surface area (Å²) in [5.74, 6) is 1.35. The first-order valence-corrected chi connectivity index (χ1v) is 11.9. The second-order valence-electron chi connectivity index (χ2n) is 8.26. The molecule has 0 saturated carbocycles. The molecule has 1 rings (SSSR count). The maximum atomic E-state index is 9.37. The van der Waals surface area contributed by atoms with Gasteiger partial charge in [0.2, 0.25) is 0 Å². The van der Waals surface area contributed by atoms with Crippen LogP contribution in [-0.2, 0) is 0 Å². The quantitative estimate of drug-likeness (QED) is 0.170. The topological polar surface area (TPSA) is 32.6 Å². The number of aliphatic imine (C=N–C) groups is 1. The number of aliphatic hydroxyl groups excluding tert-OH is 1. The van der Waals surface area contributed by atoms with Gasteiger partial charge in [0.15, 0.2) is 5.84 Å². The summed E-state index contributed by atoms with van der Waals surface area (Å²) in [6, 6.07) is 0. The molecule has 0 fully saturated rings. The minimum absolute atomic E-state index is 0.276. The van der Waals surface area contributed by atoms with Crippen LogP contribution in [0.15, 0.2) is 17.1 Å². The standard InChI is InChI=1S/C24H47N2O/c1-3-5-6-7-8-9-10-11-12-13-14-15-16-17-18-19-24-25-20-21-26(24,4-2)22-23-27/h12-13,27H,3-11,14-23H2,1-2H3/q+1/b13-12+. The Hall–Kier alpha value is -0.670. The summed E-state index contributed by atoms with van der Waals surface area (Å²) in [7, 11) is 0. The molecule has 27 heavy (non-hydrogen) atoms. The zero-order chi connectivity index (χ0) is 19.6. The Balaban J connectivity index is 1.94. The van der Waals surface area contributed by atoms with E-state index in [0.717, 1.165) is 37.1 Å². The average molecular weight is 380 g/mol. The van der Waals surface area contributed by atoms with Crippen LogP contribution in [-0.4, -0.2) is 48.2 Å². The van der Waals surface area contributed by atoms with Crippen molar-refractivity contribution in [2.75, 3.05) is 32.8 Å². The first-order chi connectivity index (χ1) is 13.3. The van der Waals surface area contributed by atoms with Crippen molar-refractivity contribution in [2.24, 2.45) is 4.99 Å². The number of hydrogen-bond acceptors (Lipinski definition) is 2. The Labute approximate surface area is 169 Å². The van der Waals surface area contributed by atoms with Crippen LogP contribution in [0.25, 0.3) is 0 Å². The number of aliphatic hydroxyl groups is 1. The van der Waals surface area contributed by atoms with Gasteiger partial charge in [0.1, 0.15) is 13.1 Å². The van der Waals surface area contributed by atoms with E-state index in [1.165, 1.54) is 89.3 Å². The number of quaternary nitrogens is 1. The van der Waals surface area contributed by atoms with Crippen molar-refractivity contribution in [2.45, 2.75) is 104 Å². The molecule has 0 saturated heterocycles. The molecule has 1 aliphatic heterocycles. The number of hydrogen-bond donors (Lipinski definition) is 1. The minimum atomic E-state index is 0.276. The third kappa shape index (κ3) is 10.4. The molecule has 0 radical (unpaired) electrons. The summed E-state index contributed by atoms with van der Waals surface area (Å²) in [5, 5.41) is 9.37. The molecule has 0 amide bonds. The fourth-order valence-corrected chi connectivity index (χ4v) is 4.25. The van der Waals surface area contributed by atoms with Gasteiger partial charge in [-0.2, -0.15) is 0 Å². The van der Waals surface area contributed by atoms with E-state index in [4.69, 9.17) is 4.99 Å². The van der Waals surface area contributed by atoms with Gasteiger partial charge >= 0.3 is 0 Å². The van der Waals surface area contributed by atoms with Gasteiger partial charge < -0.3 is 5.11 Å². The summed E-state index contributed by atoms with van der Waals surface area (Å²) in [5.41, 5.74) is 0. The lowest BCUT2D eigenvalue weighted by Gasteiger charge is -2.33. The minimum Gasteiger partial charge on any atom is -0.390 e. The lowest BCUT2D eigenvalue weighted by atomic mass is 10.1. The molecule has 0 aromatic carbocycles. The number of amidine groups is 1. The first-order valence-electron chi connectivity index (χ1n) is 11.9. The van der Waals surface area contributed by atoms with Crippen LogP contribution in [0.3, 0.4) is 0 Å². The predicted octanol–water partition coefficient (Wildman–Crippen LogP) is 6.27. The van der Waals surface area contributed by atoms with Crippen molar-refractivity contribution in [3.63, 3.8) is 0 Å². The highest BCUT2D eigenvalue weighted by molar-refractivity contribution is 5.76. The van der Waals surface area contributed by atoms with Crippen LogP contribution in [0.5, 0.6) is 0 Å². The summed E-state index contributed by atoms with van der Waals surface area (Å²) >= 11 is 0. The van der Waals surface area contributed by atoms with Gasteiger partial charge in [-0.05, 0) is 39.0 Å². The Kier molecular flexibility index (Phi) is 14.7. The summed E-state index contributed by atoms with van der Waals surface area (Å²) in [6.45, 7) is 8.75. The van der Waals surface area contributed by atoms with E-state index in [1.807, 2.05) is 0 Å². The van der Waals surface area contributed by atoms with E-state index in [2.05, 4.69) is 26.0 Å². The fourth-order valence-electron chi connectivity index (χ4n) is 4.25. The average Bonchev–Trinajstić information content (AvgIpc) is 3.08. The number of rotatable bonds is 18. The highest BCUT2D eigenvalue weighted by Gasteiger charge is 2.35. The molecule has 0 spiro atoms.